The Labute approximate surface area is 111 Å². The molecule has 6 nitrogen and oxygen atoms in total. The minimum absolute atomic E-state index is 0.110. The summed E-state index contributed by atoms with van der Waals surface area (Å²) in [5.41, 5.74) is 0.154. The number of hydrogen-bond acceptors (Lipinski definition) is 5. The molecule has 100 valence electrons. The van der Waals surface area contributed by atoms with Crippen LogP contribution in [-0.4, -0.2) is 48.7 Å². The number of ether oxygens (including phenoxy) is 1. The first-order chi connectivity index (χ1) is 9.17. The van der Waals surface area contributed by atoms with E-state index in [1.807, 2.05) is 0 Å². The van der Waals surface area contributed by atoms with Gasteiger partial charge in [-0.3, -0.25) is 4.79 Å². The van der Waals surface area contributed by atoms with Crippen molar-refractivity contribution >= 4 is 5.91 Å². The maximum absolute atomic E-state index is 12.4. The molecule has 19 heavy (non-hydrogen) atoms. The number of piperazine rings is 1. The van der Waals surface area contributed by atoms with Crippen LogP contribution in [-0.2, 0) is 0 Å². The highest BCUT2D eigenvalue weighted by Crippen LogP contribution is 2.25. The fourth-order valence-electron chi connectivity index (χ4n) is 2.03. The Morgan fingerprint density at radius 2 is 2.42 bits per heavy atom. The average Bonchev–Trinajstić information content (AvgIpc) is 2.47. The van der Waals surface area contributed by atoms with E-state index >= 15 is 0 Å². The number of rotatable bonds is 2. The van der Waals surface area contributed by atoms with Gasteiger partial charge in [0.15, 0.2) is 0 Å². The summed E-state index contributed by atoms with van der Waals surface area (Å²) in [7, 11) is 1.49. The molecule has 0 aliphatic carbocycles. The van der Waals surface area contributed by atoms with Gasteiger partial charge in [-0.15, -0.1) is 0 Å². The number of nitrogens with zero attached hydrogens (tertiary/aromatic N) is 2. The van der Waals surface area contributed by atoms with Crippen molar-refractivity contribution in [3.05, 3.63) is 23.8 Å². The summed E-state index contributed by atoms with van der Waals surface area (Å²) < 4.78 is 5.04. The predicted octanol–water partition coefficient (Wildman–Crippen LogP) is 0.338. The van der Waals surface area contributed by atoms with E-state index in [1.165, 1.54) is 24.1 Å². The molecule has 1 aromatic rings. The monoisotopic (exact) mass is 261 g/mol. The second kappa shape index (κ2) is 5.59. The van der Waals surface area contributed by atoms with Crippen LogP contribution < -0.4 is 10.1 Å². The Balaban J connectivity index is 2.30. The van der Waals surface area contributed by atoms with Gasteiger partial charge in [0, 0.05) is 19.6 Å². The van der Waals surface area contributed by atoms with Crippen LogP contribution in [0, 0.1) is 11.3 Å². The fourth-order valence-corrected chi connectivity index (χ4v) is 2.03. The van der Waals surface area contributed by atoms with Crippen molar-refractivity contribution in [3.8, 4) is 17.6 Å². The van der Waals surface area contributed by atoms with Crippen LogP contribution >= 0.6 is 0 Å². The van der Waals surface area contributed by atoms with Crippen molar-refractivity contribution < 1.29 is 14.6 Å². The predicted molar refractivity (Wildman–Crippen MR) is 68.0 cm³/mol. The third-order valence-corrected chi connectivity index (χ3v) is 3.09. The fraction of sp³-hybridized carbons (Fsp3) is 0.385. The highest BCUT2D eigenvalue weighted by molar-refractivity contribution is 5.97. The molecule has 0 radical (unpaired) electrons. The summed E-state index contributed by atoms with van der Waals surface area (Å²) in [6, 6.07) is 6.03. The molecule has 0 saturated carbocycles. The number of nitriles is 1. The highest BCUT2D eigenvalue weighted by Gasteiger charge is 2.28. The smallest absolute Gasteiger partial charge is 0.258 e. The zero-order valence-electron chi connectivity index (χ0n) is 10.6. The van der Waals surface area contributed by atoms with Crippen molar-refractivity contribution in [3.63, 3.8) is 0 Å². The van der Waals surface area contributed by atoms with Crippen LogP contribution in [0.5, 0.6) is 11.5 Å². The molecule has 1 saturated heterocycles. The van der Waals surface area contributed by atoms with Crippen molar-refractivity contribution in [2.75, 3.05) is 26.7 Å². The number of phenols is 1. The lowest BCUT2D eigenvalue weighted by molar-refractivity contribution is 0.0683. The highest BCUT2D eigenvalue weighted by atomic mass is 16.5. The quantitative estimate of drug-likeness (QED) is 0.801. The standard InChI is InChI=1S/C13H15N3O3/c1-19-10-2-3-12(17)11(6-10)13(18)16-5-4-15-8-9(16)7-14/h2-3,6,9,15,17H,4-5,8H2,1H3. The van der Waals surface area contributed by atoms with E-state index in [0.717, 1.165) is 0 Å². The Kier molecular flexibility index (Phi) is 3.88. The van der Waals surface area contributed by atoms with Crippen LogP contribution in [0.15, 0.2) is 18.2 Å². The molecule has 2 N–H and O–H groups in total. The lowest BCUT2D eigenvalue weighted by Gasteiger charge is -2.32. The van der Waals surface area contributed by atoms with Crippen molar-refractivity contribution in [1.29, 1.82) is 5.26 Å². The number of hydrogen-bond donors (Lipinski definition) is 2. The van der Waals surface area contributed by atoms with Gasteiger partial charge in [-0.05, 0) is 18.2 Å². The molecular weight excluding hydrogens is 246 g/mol. The first kappa shape index (κ1) is 13.2. The number of amides is 1. The molecule has 6 heteroatoms. The Morgan fingerprint density at radius 3 is 3.11 bits per heavy atom. The molecule has 1 heterocycles. The molecule has 2 rings (SSSR count). The Morgan fingerprint density at radius 1 is 1.63 bits per heavy atom. The van der Waals surface area contributed by atoms with E-state index in [4.69, 9.17) is 10.00 Å². The summed E-state index contributed by atoms with van der Waals surface area (Å²) in [6.45, 7) is 1.51. The number of phenolic OH excluding ortho intramolecular Hbond substituents is 1. The molecule has 1 aliphatic heterocycles. The van der Waals surface area contributed by atoms with Gasteiger partial charge in [-0.25, -0.2) is 0 Å². The SMILES string of the molecule is COc1ccc(O)c(C(=O)N2CCNCC2C#N)c1. The molecule has 1 atom stereocenters. The lowest BCUT2D eigenvalue weighted by Crippen LogP contribution is -2.53. The van der Waals surface area contributed by atoms with Gasteiger partial charge in [0.1, 0.15) is 17.5 Å². The van der Waals surface area contributed by atoms with Crippen LogP contribution in [0.25, 0.3) is 0 Å². The van der Waals surface area contributed by atoms with Gasteiger partial charge in [0.05, 0.1) is 18.7 Å². The molecular formula is C13H15N3O3. The van der Waals surface area contributed by atoms with Crippen molar-refractivity contribution in [2.45, 2.75) is 6.04 Å². The number of aromatic hydroxyl groups is 1. The normalized spacial score (nSPS) is 18.7. The first-order valence-corrected chi connectivity index (χ1v) is 5.95. The van der Waals surface area contributed by atoms with Gasteiger partial charge in [0.2, 0.25) is 0 Å². The van der Waals surface area contributed by atoms with Gasteiger partial charge < -0.3 is 20.1 Å². The second-order valence-electron chi connectivity index (χ2n) is 4.23. The molecule has 1 unspecified atom stereocenters. The summed E-state index contributed by atoms with van der Waals surface area (Å²) in [5.74, 6) is 0.0234. The topological polar surface area (TPSA) is 85.6 Å². The van der Waals surface area contributed by atoms with Gasteiger partial charge in [0.25, 0.3) is 5.91 Å². The molecule has 0 aromatic heterocycles. The molecule has 0 bridgehead atoms. The number of methoxy groups -OCH3 is 1. The summed E-state index contributed by atoms with van der Waals surface area (Å²) >= 11 is 0. The van der Waals surface area contributed by atoms with Crippen molar-refractivity contribution in [2.24, 2.45) is 0 Å². The number of carbonyl (C=O) groups is 1. The maximum atomic E-state index is 12.4. The molecule has 1 aromatic carbocycles. The molecule has 1 amide bonds. The van der Waals surface area contributed by atoms with Gasteiger partial charge in [-0.2, -0.15) is 5.26 Å². The Hall–Kier alpha value is -2.26. The van der Waals surface area contributed by atoms with E-state index in [2.05, 4.69) is 11.4 Å². The molecule has 1 fully saturated rings. The van der Waals surface area contributed by atoms with E-state index < -0.39 is 6.04 Å². The zero-order valence-corrected chi connectivity index (χ0v) is 10.6. The lowest BCUT2D eigenvalue weighted by atomic mass is 10.1. The summed E-state index contributed by atoms with van der Waals surface area (Å²) in [6.07, 6.45) is 0. The van der Waals surface area contributed by atoms with Crippen molar-refractivity contribution in [1.82, 2.24) is 10.2 Å². The first-order valence-electron chi connectivity index (χ1n) is 5.95. The molecule has 0 spiro atoms. The summed E-state index contributed by atoms with van der Waals surface area (Å²) in [5, 5.41) is 21.9. The maximum Gasteiger partial charge on any atom is 0.258 e. The van der Waals surface area contributed by atoms with Crippen LogP contribution in [0.2, 0.25) is 0 Å². The Bertz CT molecular complexity index is 524. The number of benzene rings is 1. The number of carbonyl (C=O) groups excluding carboxylic acids is 1. The third-order valence-electron chi connectivity index (χ3n) is 3.09. The minimum Gasteiger partial charge on any atom is -0.507 e. The third kappa shape index (κ3) is 2.61. The van der Waals surface area contributed by atoms with Crippen LogP contribution in [0.3, 0.4) is 0 Å². The van der Waals surface area contributed by atoms with Gasteiger partial charge in [-0.1, -0.05) is 0 Å². The minimum atomic E-state index is -0.521. The van der Waals surface area contributed by atoms with Crippen LogP contribution in [0.4, 0.5) is 0 Å². The van der Waals surface area contributed by atoms with E-state index in [-0.39, 0.29) is 17.2 Å². The summed E-state index contributed by atoms with van der Waals surface area (Å²) in [4.78, 5) is 13.9. The molecule has 1 aliphatic rings. The second-order valence-corrected chi connectivity index (χ2v) is 4.23. The zero-order chi connectivity index (χ0) is 13.8. The number of nitrogens with one attached hydrogen (secondary N) is 1. The van der Waals surface area contributed by atoms with Gasteiger partial charge >= 0.3 is 0 Å². The van der Waals surface area contributed by atoms with E-state index in [1.54, 1.807) is 6.07 Å². The van der Waals surface area contributed by atoms with E-state index in [0.29, 0.717) is 25.4 Å². The largest absolute Gasteiger partial charge is 0.507 e. The van der Waals surface area contributed by atoms with E-state index in [9.17, 15) is 9.90 Å². The average molecular weight is 261 g/mol. The van der Waals surface area contributed by atoms with Crippen LogP contribution in [0.1, 0.15) is 10.4 Å².